The number of nitriles is 1. The van der Waals surface area contributed by atoms with Gasteiger partial charge >= 0.3 is 6.18 Å². The van der Waals surface area contributed by atoms with Crippen molar-refractivity contribution in [2.24, 2.45) is 0 Å². The minimum Gasteiger partial charge on any atom is -0.508 e. The summed E-state index contributed by atoms with van der Waals surface area (Å²) in [7, 11) is 0. The van der Waals surface area contributed by atoms with Gasteiger partial charge in [-0.2, -0.15) is 18.4 Å². The maximum Gasteiger partial charge on any atom is 0.417 e. The molecule has 2 aromatic carbocycles. The second kappa shape index (κ2) is 9.59. The lowest BCUT2D eigenvalue weighted by Gasteiger charge is -2.17. The SMILES string of the molecule is CCc1cc(O)ccc1-c1ccc(-c2cc(C(F)(F)F)c(C#N)c(=O)n2Cc2ccc(F)cc2F)s1. The van der Waals surface area contributed by atoms with E-state index in [0.717, 1.165) is 39.2 Å². The van der Waals surface area contributed by atoms with Crippen LogP contribution in [-0.4, -0.2) is 9.67 Å². The molecule has 1 N–H and O–H groups in total. The highest BCUT2D eigenvalue weighted by molar-refractivity contribution is 7.18. The summed E-state index contributed by atoms with van der Waals surface area (Å²) in [5.74, 6) is -1.75. The number of benzene rings is 2. The van der Waals surface area contributed by atoms with Crippen LogP contribution in [0, 0.1) is 23.0 Å². The third-order valence-electron chi connectivity index (χ3n) is 5.65. The number of nitrogens with zero attached hydrogens (tertiary/aromatic N) is 2. The Bertz CT molecular complexity index is 1560. The molecule has 4 nitrogen and oxygen atoms in total. The van der Waals surface area contributed by atoms with Gasteiger partial charge in [0.15, 0.2) is 0 Å². The third-order valence-corrected chi connectivity index (χ3v) is 6.80. The number of pyridine rings is 1. The van der Waals surface area contributed by atoms with Crippen LogP contribution in [0.5, 0.6) is 5.75 Å². The zero-order chi connectivity index (χ0) is 26.2. The number of thiophene rings is 1. The summed E-state index contributed by atoms with van der Waals surface area (Å²) in [6, 6.07) is 12.7. The largest absolute Gasteiger partial charge is 0.508 e. The Morgan fingerprint density at radius 1 is 1.00 bits per heavy atom. The fourth-order valence-electron chi connectivity index (χ4n) is 3.89. The van der Waals surface area contributed by atoms with E-state index in [2.05, 4.69) is 0 Å². The molecular formula is C26H17F5N2O2S. The van der Waals surface area contributed by atoms with Crippen LogP contribution in [0.3, 0.4) is 0 Å². The van der Waals surface area contributed by atoms with Gasteiger partial charge in [-0.1, -0.05) is 13.0 Å². The first-order chi connectivity index (χ1) is 17.0. The fourth-order valence-corrected chi connectivity index (χ4v) is 4.98. The van der Waals surface area contributed by atoms with Crippen LogP contribution in [0.1, 0.15) is 29.2 Å². The molecule has 0 aliphatic rings. The normalized spacial score (nSPS) is 11.5. The molecule has 2 aromatic heterocycles. The predicted octanol–water partition coefficient (Wildman–Crippen LogP) is 6.73. The topological polar surface area (TPSA) is 66.0 Å². The van der Waals surface area contributed by atoms with Crippen LogP contribution >= 0.6 is 11.3 Å². The van der Waals surface area contributed by atoms with Gasteiger partial charge in [0.25, 0.3) is 5.56 Å². The molecule has 0 bridgehead atoms. The summed E-state index contributed by atoms with van der Waals surface area (Å²) in [5.41, 5.74) is -2.47. The summed E-state index contributed by atoms with van der Waals surface area (Å²) >= 11 is 1.10. The lowest BCUT2D eigenvalue weighted by molar-refractivity contribution is -0.137. The number of phenols is 1. The van der Waals surface area contributed by atoms with Crippen molar-refractivity contribution in [1.82, 2.24) is 4.57 Å². The Hall–Kier alpha value is -3.97. The monoisotopic (exact) mass is 516 g/mol. The van der Waals surface area contributed by atoms with Gasteiger partial charge in [-0.25, -0.2) is 8.78 Å². The number of aromatic nitrogens is 1. The Balaban J connectivity index is 1.94. The maximum atomic E-state index is 14.4. The van der Waals surface area contributed by atoms with Crippen molar-refractivity contribution in [2.45, 2.75) is 26.1 Å². The van der Waals surface area contributed by atoms with Gasteiger partial charge in [0.2, 0.25) is 0 Å². The van der Waals surface area contributed by atoms with Gasteiger partial charge < -0.3 is 9.67 Å². The molecule has 0 saturated carbocycles. The van der Waals surface area contributed by atoms with E-state index in [1.807, 2.05) is 6.92 Å². The Morgan fingerprint density at radius 3 is 2.36 bits per heavy atom. The van der Waals surface area contributed by atoms with Gasteiger partial charge in [0.05, 0.1) is 22.7 Å². The van der Waals surface area contributed by atoms with E-state index >= 15 is 0 Å². The van der Waals surface area contributed by atoms with Gasteiger partial charge in [0.1, 0.15) is 29.0 Å². The summed E-state index contributed by atoms with van der Waals surface area (Å²) < 4.78 is 69.9. The first-order valence-electron chi connectivity index (χ1n) is 10.6. The van der Waals surface area contributed by atoms with Crippen molar-refractivity contribution in [1.29, 1.82) is 5.26 Å². The van der Waals surface area contributed by atoms with Crippen LogP contribution < -0.4 is 5.56 Å². The number of halogens is 5. The van der Waals surface area contributed by atoms with Crippen molar-refractivity contribution in [3.05, 3.63) is 98.8 Å². The minimum atomic E-state index is -4.98. The van der Waals surface area contributed by atoms with Crippen molar-refractivity contribution in [3.8, 4) is 32.8 Å². The molecule has 0 atom stereocenters. The van der Waals surface area contributed by atoms with Crippen molar-refractivity contribution in [3.63, 3.8) is 0 Å². The number of phenolic OH excluding ortho intramolecular Hbond substituents is 1. The lowest BCUT2D eigenvalue weighted by Crippen LogP contribution is -2.28. The highest BCUT2D eigenvalue weighted by atomic mass is 32.1. The van der Waals surface area contributed by atoms with E-state index in [1.54, 1.807) is 18.2 Å². The van der Waals surface area contributed by atoms with Crippen LogP contribution in [0.25, 0.3) is 21.0 Å². The van der Waals surface area contributed by atoms with Gasteiger partial charge in [-0.15, -0.1) is 11.3 Å². The Kier molecular flexibility index (Phi) is 6.69. The Labute approximate surface area is 206 Å². The molecule has 0 saturated heterocycles. The first kappa shape index (κ1) is 25.1. The first-order valence-corrected chi connectivity index (χ1v) is 11.5. The second-order valence-corrected chi connectivity index (χ2v) is 9.00. The number of alkyl halides is 3. The predicted molar refractivity (Wildman–Crippen MR) is 126 cm³/mol. The van der Waals surface area contributed by atoms with Gasteiger partial charge in [-0.3, -0.25) is 4.79 Å². The number of aryl methyl sites for hydroxylation is 1. The van der Waals surface area contributed by atoms with Crippen LogP contribution in [0.2, 0.25) is 0 Å². The van der Waals surface area contributed by atoms with Crippen molar-refractivity contribution >= 4 is 11.3 Å². The molecule has 0 fully saturated rings. The average molecular weight is 516 g/mol. The third kappa shape index (κ3) is 4.75. The molecule has 0 unspecified atom stereocenters. The molecule has 2 heterocycles. The van der Waals surface area contributed by atoms with Gasteiger partial charge in [0, 0.05) is 16.5 Å². The summed E-state index contributed by atoms with van der Waals surface area (Å²) in [6.45, 7) is 1.37. The highest BCUT2D eigenvalue weighted by Crippen LogP contribution is 2.39. The molecule has 4 rings (SSSR count). The molecule has 4 aromatic rings. The van der Waals surface area contributed by atoms with E-state index in [4.69, 9.17) is 0 Å². The van der Waals surface area contributed by atoms with Crippen LogP contribution in [0.15, 0.2) is 59.4 Å². The van der Waals surface area contributed by atoms with Crippen molar-refractivity contribution < 1.29 is 27.1 Å². The number of hydrogen-bond acceptors (Lipinski definition) is 4. The summed E-state index contributed by atoms with van der Waals surface area (Å²) in [6.07, 6.45) is -4.40. The average Bonchev–Trinajstić information content (AvgIpc) is 3.30. The smallest absolute Gasteiger partial charge is 0.417 e. The standard InChI is InChI=1S/C26H17F5N2O2S/c1-2-14-9-17(34)5-6-18(14)23-7-8-24(36-23)22-11-20(26(29,30)31)19(12-32)25(35)33(22)13-15-3-4-16(27)10-21(15)28/h3-11,34H,2,13H2,1H3. The number of hydrogen-bond donors (Lipinski definition) is 1. The minimum absolute atomic E-state index is 0.0736. The maximum absolute atomic E-state index is 14.4. The van der Waals surface area contributed by atoms with E-state index in [1.165, 1.54) is 18.2 Å². The number of rotatable bonds is 5. The quantitative estimate of drug-likeness (QED) is 0.299. The Morgan fingerprint density at radius 2 is 1.72 bits per heavy atom. The van der Waals surface area contributed by atoms with Crippen molar-refractivity contribution in [2.75, 3.05) is 0 Å². The molecular weight excluding hydrogens is 499 g/mol. The van der Waals surface area contributed by atoms with E-state index in [0.29, 0.717) is 23.4 Å². The molecule has 36 heavy (non-hydrogen) atoms. The molecule has 184 valence electrons. The van der Waals surface area contributed by atoms with Crippen LogP contribution in [0.4, 0.5) is 22.0 Å². The second-order valence-electron chi connectivity index (χ2n) is 7.91. The molecule has 0 radical (unpaired) electrons. The van der Waals surface area contributed by atoms with Gasteiger partial charge in [-0.05, 0) is 60.0 Å². The van der Waals surface area contributed by atoms with Crippen LogP contribution in [-0.2, 0) is 19.1 Å². The molecule has 0 spiro atoms. The molecule has 0 amide bonds. The van der Waals surface area contributed by atoms with E-state index < -0.39 is 41.0 Å². The summed E-state index contributed by atoms with van der Waals surface area (Å²) in [5, 5.41) is 19.1. The molecule has 0 aliphatic carbocycles. The zero-order valence-corrected chi connectivity index (χ0v) is 19.5. The van der Waals surface area contributed by atoms with E-state index in [9.17, 15) is 37.1 Å². The fraction of sp³-hybridized carbons (Fsp3) is 0.154. The van der Waals surface area contributed by atoms with E-state index in [-0.39, 0.29) is 21.9 Å². The highest BCUT2D eigenvalue weighted by Gasteiger charge is 2.37. The number of aromatic hydroxyl groups is 1. The lowest BCUT2D eigenvalue weighted by atomic mass is 10.0. The molecule has 0 aliphatic heterocycles. The summed E-state index contributed by atoms with van der Waals surface area (Å²) in [4.78, 5) is 14.0. The zero-order valence-electron chi connectivity index (χ0n) is 18.7. The molecule has 10 heteroatoms.